The van der Waals surface area contributed by atoms with Crippen LogP contribution in [0.2, 0.25) is 0 Å². The second kappa shape index (κ2) is 21.6. The third kappa shape index (κ3) is 9.85. The summed E-state index contributed by atoms with van der Waals surface area (Å²) in [5.74, 6) is 3.76. The maximum atomic E-state index is 8.00. The Kier molecular flexibility index (Phi) is 14.5. The number of fused-ring (bicyclic) bond motifs is 2. The van der Waals surface area contributed by atoms with Gasteiger partial charge in [0.2, 0.25) is 8.38 Å². The van der Waals surface area contributed by atoms with Crippen LogP contribution in [0.1, 0.15) is 74.9 Å². The predicted molar refractivity (Wildman–Crippen MR) is 320 cm³/mol. The molecule has 1 aliphatic heterocycles. The van der Waals surface area contributed by atoms with Crippen LogP contribution in [0.5, 0.6) is 34.5 Å². The summed E-state index contributed by atoms with van der Waals surface area (Å²) in [4.78, 5) is 0. The Morgan fingerprint density at radius 2 is 0.808 bits per heavy atom. The summed E-state index contributed by atoms with van der Waals surface area (Å²) in [5, 5.41) is 3.94. The molecule has 1 atom stereocenters. The van der Waals surface area contributed by atoms with E-state index in [1.165, 1.54) is 0 Å². The number of rotatable bonds is 15. The molecule has 0 bridgehead atoms. The van der Waals surface area contributed by atoms with Crippen LogP contribution in [-0.2, 0) is 26.4 Å². The minimum absolute atomic E-state index is 0.464. The molecule has 0 aromatic heterocycles. The van der Waals surface area contributed by atoms with Crippen molar-refractivity contribution in [3.05, 3.63) is 264 Å². The number of hydrogen-bond acceptors (Lipinski definition) is 7. The lowest BCUT2D eigenvalue weighted by molar-refractivity contribution is 0.0848. The van der Waals surface area contributed by atoms with Gasteiger partial charge in [0.25, 0.3) is 0 Å². The van der Waals surface area contributed by atoms with Crippen molar-refractivity contribution in [1.82, 2.24) is 0 Å². The van der Waals surface area contributed by atoms with Crippen LogP contribution < -0.4 is 27.6 Å². The van der Waals surface area contributed by atoms with Gasteiger partial charge in [0.1, 0.15) is 40.1 Å². The van der Waals surface area contributed by atoms with Gasteiger partial charge in [0.05, 0.1) is 19.6 Å². The maximum absolute atomic E-state index is 8.00. The standard InChI is InChI=1S/C69H64O7P2/c1-66(2,3)60-45-54(70-7)43-58(64(60)74-77-47-68(50-31-13-9-14-32-50,51-33-15-10-16-34-51)69(76-77,52-35-17-11-18-36-52)53-37-19-12-20-38-53)59-44-55(71-8)46-61(67(4,5)6)65(59)75-78(72-62-41-25-29-48-27-21-23-39-56(48)62)73-63-42-26-30-49-28-22-24-40-57(49)63/h9-46H,47H2,1-8H3. The van der Waals surface area contributed by atoms with Gasteiger partial charge in [0.15, 0.2) is 0 Å². The molecule has 7 nitrogen and oxygen atoms in total. The van der Waals surface area contributed by atoms with Gasteiger partial charge in [-0.3, -0.25) is 0 Å². The highest BCUT2D eigenvalue weighted by Gasteiger charge is 2.65. The molecule has 0 spiro atoms. The van der Waals surface area contributed by atoms with Crippen molar-refractivity contribution in [1.29, 1.82) is 0 Å². The molecule has 0 saturated carbocycles. The fourth-order valence-corrected chi connectivity index (χ4v) is 14.3. The summed E-state index contributed by atoms with van der Waals surface area (Å²) < 4.78 is 50.1. The highest BCUT2D eigenvalue weighted by atomic mass is 31.2. The van der Waals surface area contributed by atoms with Crippen molar-refractivity contribution in [3.63, 3.8) is 0 Å². The normalized spacial score (nSPS) is 15.0. The Bertz CT molecular complexity index is 3450. The first-order valence-corrected chi connectivity index (χ1v) is 28.9. The minimum atomic E-state index is -2.25. The van der Waals surface area contributed by atoms with E-state index < -0.39 is 38.8 Å². The summed E-state index contributed by atoms with van der Waals surface area (Å²) in [6.45, 7) is 13.1. The molecule has 0 radical (unpaired) electrons. The van der Waals surface area contributed by atoms with E-state index in [9.17, 15) is 0 Å². The summed E-state index contributed by atoms with van der Waals surface area (Å²) in [6, 6.07) is 79.6. The molecule has 9 heteroatoms. The number of methoxy groups -OCH3 is 2. The van der Waals surface area contributed by atoms with E-state index in [1.54, 1.807) is 14.2 Å². The molecule has 1 aliphatic rings. The van der Waals surface area contributed by atoms with Gasteiger partial charge in [-0.05, 0) is 80.3 Å². The third-order valence-corrected chi connectivity index (χ3v) is 17.4. The van der Waals surface area contributed by atoms with Gasteiger partial charge < -0.3 is 32.1 Å². The van der Waals surface area contributed by atoms with Crippen molar-refractivity contribution in [3.8, 4) is 45.6 Å². The highest BCUT2D eigenvalue weighted by molar-refractivity contribution is 7.48. The fraction of sp³-hybridized carbons (Fsp3) is 0.188. The topological polar surface area (TPSA) is 64.6 Å². The molecular weight excluding hydrogens is 1000 g/mol. The highest BCUT2D eigenvalue weighted by Crippen LogP contribution is 2.70. The van der Waals surface area contributed by atoms with Gasteiger partial charge in [-0.15, -0.1) is 0 Å². The van der Waals surface area contributed by atoms with Crippen LogP contribution in [0.15, 0.2) is 231 Å². The molecule has 0 aliphatic carbocycles. The van der Waals surface area contributed by atoms with Crippen LogP contribution in [0.25, 0.3) is 32.7 Å². The first-order chi connectivity index (χ1) is 37.8. The van der Waals surface area contributed by atoms with Crippen molar-refractivity contribution in [2.24, 2.45) is 0 Å². The van der Waals surface area contributed by atoms with Crippen LogP contribution >= 0.6 is 17.0 Å². The Morgan fingerprint density at radius 3 is 1.24 bits per heavy atom. The van der Waals surface area contributed by atoms with Crippen LogP contribution in [-0.4, -0.2) is 20.4 Å². The van der Waals surface area contributed by atoms with E-state index in [-0.39, 0.29) is 0 Å². The molecule has 1 heterocycles. The van der Waals surface area contributed by atoms with E-state index in [0.717, 1.165) is 60.5 Å². The van der Waals surface area contributed by atoms with E-state index >= 15 is 0 Å². The number of hydrogen-bond donors (Lipinski definition) is 0. The molecule has 0 amide bonds. The van der Waals surface area contributed by atoms with Crippen molar-refractivity contribution in [2.45, 2.75) is 63.4 Å². The number of ether oxygens (including phenoxy) is 2. The molecule has 10 aromatic carbocycles. The van der Waals surface area contributed by atoms with E-state index in [0.29, 0.717) is 46.2 Å². The second-order valence-electron chi connectivity index (χ2n) is 21.8. The first-order valence-electron chi connectivity index (χ1n) is 26.4. The molecule has 1 saturated heterocycles. The fourth-order valence-electron chi connectivity index (χ4n) is 11.0. The Hall–Kier alpha value is -7.66. The predicted octanol–water partition coefficient (Wildman–Crippen LogP) is 18.7. The molecule has 392 valence electrons. The Labute approximate surface area is 461 Å². The Morgan fingerprint density at radius 1 is 0.423 bits per heavy atom. The van der Waals surface area contributed by atoms with E-state index in [2.05, 4.69) is 211 Å². The summed E-state index contributed by atoms with van der Waals surface area (Å²) in [6.07, 6.45) is 0.507. The zero-order chi connectivity index (χ0) is 54.1. The maximum Gasteiger partial charge on any atom is 0.530 e. The quantitative estimate of drug-likeness (QED) is 0.0948. The van der Waals surface area contributed by atoms with E-state index in [4.69, 9.17) is 32.1 Å². The first kappa shape index (κ1) is 52.4. The van der Waals surface area contributed by atoms with Gasteiger partial charge in [-0.25, -0.2) is 0 Å². The monoisotopic (exact) mass is 1070 g/mol. The second-order valence-corrected chi connectivity index (χ2v) is 24.1. The average Bonchev–Trinajstić information content (AvgIpc) is 3.34. The van der Waals surface area contributed by atoms with Crippen molar-refractivity contribution < 1.29 is 32.1 Å². The molecule has 0 N–H and O–H groups in total. The summed E-state index contributed by atoms with van der Waals surface area (Å²) in [5.41, 5.74) is 4.73. The zero-order valence-corrected chi connectivity index (χ0v) is 47.2. The smallest absolute Gasteiger partial charge is 0.497 e. The minimum Gasteiger partial charge on any atom is -0.497 e. The van der Waals surface area contributed by atoms with Gasteiger partial charge >= 0.3 is 8.60 Å². The van der Waals surface area contributed by atoms with Crippen molar-refractivity contribution >= 4 is 38.5 Å². The molecule has 1 unspecified atom stereocenters. The van der Waals surface area contributed by atoms with Gasteiger partial charge in [-0.1, -0.05) is 236 Å². The summed E-state index contributed by atoms with van der Waals surface area (Å²) in [7, 11) is -0.644. The van der Waals surface area contributed by atoms with Crippen molar-refractivity contribution in [2.75, 3.05) is 20.4 Å². The van der Waals surface area contributed by atoms with Crippen LogP contribution in [0.3, 0.4) is 0 Å². The number of benzene rings is 10. The molecule has 10 aromatic rings. The zero-order valence-electron chi connectivity index (χ0n) is 45.4. The van der Waals surface area contributed by atoms with Gasteiger partial charge in [-0.2, -0.15) is 0 Å². The molecule has 78 heavy (non-hydrogen) atoms. The lowest BCUT2D eigenvalue weighted by atomic mass is 9.59. The lowest BCUT2D eigenvalue weighted by Crippen LogP contribution is -2.49. The largest absolute Gasteiger partial charge is 0.530 e. The lowest BCUT2D eigenvalue weighted by Gasteiger charge is -2.45. The Balaban J connectivity index is 1.15. The van der Waals surface area contributed by atoms with E-state index in [1.807, 2.05) is 60.7 Å². The molecular formula is C69H64O7P2. The molecule has 1 fully saturated rings. The van der Waals surface area contributed by atoms with Gasteiger partial charge in [0, 0.05) is 39.2 Å². The van der Waals surface area contributed by atoms with Crippen LogP contribution in [0.4, 0.5) is 0 Å². The summed E-state index contributed by atoms with van der Waals surface area (Å²) >= 11 is 0. The average molecular weight is 1070 g/mol. The molecule has 11 rings (SSSR count). The SMILES string of the molecule is COc1cc(-c2cc(OC)cc(C(C)(C)C)c2OP(Oc2cccc3ccccc23)Oc2cccc3ccccc23)c(OP2CC(c3ccccc3)(c3ccccc3)C(c3ccccc3)(c3ccccc3)O2)c(C(C)(C)C)c1. The van der Waals surface area contributed by atoms with Crippen LogP contribution in [0, 0.1) is 0 Å². The third-order valence-electron chi connectivity index (χ3n) is 14.8.